The Morgan fingerprint density at radius 1 is 1.11 bits per heavy atom. The number of carbonyl (C=O) groups excluding carboxylic acids is 1. The third-order valence-electron chi connectivity index (χ3n) is 4.71. The fourth-order valence-electron chi connectivity index (χ4n) is 3.04. The number of esters is 1. The van der Waals surface area contributed by atoms with E-state index in [0.29, 0.717) is 29.6 Å². The lowest BCUT2D eigenvalue weighted by atomic mass is 9.95. The number of fused-ring (bicyclic) bond motifs is 1. The van der Waals surface area contributed by atoms with Crippen LogP contribution in [0.1, 0.15) is 36.1 Å². The molecule has 3 heterocycles. The number of hydrogen-bond acceptors (Lipinski definition) is 6. The largest absolute Gasteiger partial charge is 0.438 e. The van der Waals surface area contributed by atoms with E-state index in [1.807, 2.05) is 45.0 Å². The molecular formula is C21H19N3O3. The highest BCUT2D eigenvalue weighted by Gasteiger charge is 2.24. The molecule has 6 nitrogen and oxygen atoms in total. The predicted molar refractivity (Wildman–Crippen MR) is 99.9 cm³/mol. The summed E-state index contributed by atoms with van der Waals surface area (Å²) in [6.07, 6.45) is 3.80. The third kappa shape index (κ3) is 3.38. The summed E-state index contributed by atoms with van der Waals surface area (Å²) in [4.78, 5) is 24.9. The van der Waals surface area contributed by atoms with Gasteiger partial charge in [0, 0.05) is 35.3 Å². The molecule has 0 amide bonds. The van der Waals surface area contributed by atoms with Gasteiger partial charge in [-0.2, -0.15) is 4.98 Å². The van der Waals surface area contributed by atoms with Gasteiger partial charge in [0.2, 0.25) is 5.88 Å². The summed E-state index contributed by atoms with van der Waals surface area (Å²) in [6.45, 7) is 5.85. The Morgan fingerprint density at radius 2 is 1.89 bits per heavy atom. The molecule has 0 saturated heterocycles. The first-order chi connectivity index (χ1) is 13.0. The van der Waals surface area contributed by atoms with Crippen molar-refractivity contribution in [3.63, 3.8) is 0 Å². The van der Waals surface area contributed by atoms with Crippen LogP contribution in [0.5, 0.6) is 17.4 Å². The Kier molecular flexibility index (Phi) is 4.32. The highest BCUT2D eigenvalue weighted by Crippen LogP contribution is 2.38. The molecular weight excluding hydrogens is 342 g/mol. The van der Waals surface area contributed by atoms with Crippen molar-refractivity contribution in [1.82, 2.24) is 15.0 Å². The number of benzene rings is 1. The molecule has 1 aromatic carbocycles. The first-order valence-electron chi connectivity index (χ1n) is 8.79. The fourth-order valence-corrected chi connectivity index (χ4v) is 3.04. The zero-order chi connectivity index (χ0) is 19.0. The van der Waals surface area contributed by atoms with E-state index >= 15 is 0 Å². The van der Waals surface area contributed by atoms with Gasteiger partial charge in [-0.1, -0.05) is 13.0 Å². The summed E-state index contributed by atoms with van der Waals surface area (Å²) in [6, 6.07) is 9.26. The summed E-state index contributed by atoms with van der Waals surface area (Å²) in [5.41, 5.74) is 3.57. The number of pyridine rings is 1. The first-order valence-corrected chi connectivity index (χ1v) is 8.79. The molecule has 0 N–H and O–H groups in total. The zero-order valence-electron chi connectivity index (χ0n) is 15.4. The Balaban J connectivity index is 1.70. The average molecular weight is 361 g/mol. The Labute approximate surface area is 157 Å². The molecule has 136 valence electrons. The molecule has 3 aromatic rings. The predicted octanol–water partition coefficient (Wildman–Crippen LogP) is 4.36. The Morgan fingerprint density at radius 3 is 2.67 bits per heavy atom. The molecule has 1 atom stereocenters. The van der Waals surface area contributed by atoms with Crippen molar-refractivity contribution in [3.8, 4) is 28.8 Å². The minimum atomic E-state index is -0.221. The number of hydrogen-bond donors (Lipinski definition) is 0. The van der Waals surface area contributed by atoms with E-state index in [1.165, 1.54) is 0 Å². The van der Waals surface area contributed by atoms with E-state index in [4.69, 9.17) is 9.47 Å². The first kappa shape index (κ1) is 17.1. The van der Waals surface area contributed by atoms with Crippen LogP contribution in [0.25, 0.3) is 11.4 Å². The van der Waals surface area contributed by atoms with Crippen molar-refractivity contribution in [2.75, 3.05) is 0 Å². The van der Waals surface area contributed by atoms with Crippen molar-refractivity contribution in [2.24, 2.45) is 0 Å². The van der Waals surface area contributed by atoms with Gasteiger partial charge in [0.25, 0.3) is 0 Å². The lowest BCUT2D eigenvalue weighted by Gasteiger charge is -2.22. The van der Waals surface area contributed by atoms with Gasteiger partial charge in [-0.25, -0.2) is 4.98 Å². The van der Waals surface area contributed by atoms with Gasteiger partial charge < -0.3 is 9.47 Å². The van der Waals surface area contributed by atoms with Gasteiger partial charge in [-0.15, -0.1) is 0 Å². The van der Waals surface area contributed by atoms with Gasteiger partial charge in [-0.05, 0) is 43.5 Å². The molecule has 1 unspecified atom stereocenters. The standard InChI is InChI=1S/C21H19N3O3/c1-12-10-19(25)27-18-11-16(4-5-17(12)18)26-21-13(2)14(3)23-20(24-21)15-6-8-22-9-7-15/h4-9,11-12H,10H2,1-3H3. The van der Waals surface area contributed by atoms with E-state index in [9.17, 15) is 4.79 Å². The minimum Gasteiger partial charge on any atom is -0.438 e. The highest BCUT2D eigenvalue weighted by atomic mass is 16.5. The SMILES string of the molecule is Cc1nc(-c2ccncc2)nc(Oc2ccc3c(c2)OC(=O)CC3C)c1C. The number of aromatic nitrogens is 3. The quantitative estimate of drug-likeness (QED) is 0.510. The molecule has 27 heavy (non-hydrogen) atoms. The van der Waals surface area contributed by atoms with Crippen molar-refractivity contribution in [1.29, 1.82) is 0 Å². The highest BCUT2D eigenvalue weighted by molar-refractivity contribution is 5.76. The second kappa shape index (κ2) is 6.79. The van der Waals surface area contributed by atoms with E-state index in [2.05, 4.69) is 15.0 Å². The monoisotopic (exact) mass is 361 g/mol. The fraction of sp³-hybridized carbons (Fsp3) is 0.238. The molecule has 1 aliphatic heterocycles. The molecule has 0 aliphatic carbocycles. The molecule has 0 fully saturated rings. The number of nitrogens with zero attached hydrogens (tertiary/aromatic N) is 3. The molecule has 6 heteroatoms. The van der Waals surface area contributed by atoms with Crippen LogP contribution in [-0.2, 0) is 4.79 Å². The summed E-state index contributed by atoms with van der Waals surface area (Å²) in [7, 11) is 0. The summed E-state index contributed by atoms with van der Waals surface area (Å²) >= 11 is 0. The zero-order valence-corrected chi connectivity index (χ0v) is 15.4. The average Bonchev–Trinajstić information content (AvgIpc) is 2.65. The summed E-state index contributed by atoms with van der Waals surface area (Å²) in [5, 5.41) is 0. The van der Waals surface area contributed by atoms with Crippen LogP contribution < -0.4 is 9.47 Å². The van der Waals surface area contributed by atoms with Crippen LogP contribution in [0.15, 0.2) is 42.7 Å². The number of ether oxygens (including phenoxy) is 2. The summed E-state index contributed by atoms with van der Waals surface area (Å²) < 4.78 is 11.4. The summed E-state index contributed by atoms with van der Waals surface area (Å²) in [5.74, 6) is 2.09. The third-order valence-corrected chi connectivity index (χ3v) is 4.71. The van der Waals surface area contributed by atoms with Crippen molar-refractivity contribution >= 4 is 5.97 Å². The normalized spacial score (nSPS) is 15.8. The Bertz CT molecular complexity index is 1020. The van der Waals surface area contributed by atoms with Crippen molar-refractivity contribution in [3.05, 3.63) is 59.5 Å². The Hall–Kier alpha value is -3.28. The second-order valence-electron chi connectivity index (χ2n) is 6.68. The molecule has 0 bridgehead atoms. The van der Waals surface area contributed by atoms with Gasteiger partial charge in [0.05, 0.1) is 6.42 Å². The van der Waals surface area contributed by atoms with Crippen LogP contribution in [0, 0.1) is 13.8 Å². The second-order valence-corrected chi connectivity index (χ2v) is 6.68. The van der Waals surface area contributed by atoms with Crippen molar-refractivity contribution < 1.29 is 14.3 Å². The minimum absolute atomic E-state index is 0.136. The molecule has 2 aromatic heterocycles. The number of rotatable bonds is 3. The number of aryl methyl sites for hydroxylation is 1. The maximum Gasteiger partial charge on any atom is 0.311 e. The van der Waals surface area contributed by atoms with Gasteiger partial charge in [0.1, 0.15) is 11.5 Å². The smallest absolute Gasteiger partial charge is 0.311 e. The topological polar surface area (TPSA) is 74.2 Å². The lowest BCUT2D eigenvalue weighted by molar-refractivity contribution is -0.135. The van der Waals surface area contributed by atoms with Crippen LogP contribution >= 0.6 is 0 Å². The lowest BCUT2D eigenvalue weighted by Crippen LogP contribution is -2.18. The molecule has 4 rings (SSSR count). The maximum absolute atomic E-state index is 11.7. The number of carbonyl (C=O) groups is 1. The molecule has 1 aliphatic rings. The van der Waals surface area contributed by atoms with Gasteiger partial charge in [-0.3, -0.25) is 9.78 Å². The van der Waals surface area contributed by atoms with Gasteiger partial charge >= 0.3 is 5.97 Å². The van der Waals surface area contributed by atoms with E-state index in [-0.39, 0.29) is 11.9 Å². The maximum atomic E-state index is 11.7. The van der Waals surface area contributed by atoms with Gasteiger partial charge in [0.15, 0.2) is 5.82 Å². The van der Waals surface area contributed by atoms with E-state index < -0.39 is 0 Å². The van der Waals surface area contributed by atoms with Crippen LogP contribution in [0.2, 0.25) is 0 Å². The molecule has 0 spiro atoms. The van der Waals surface area contributed by atoms with Crippen LogP contribution in [0.3, 0.4) is 0 Å². The van der Waals surface area contributed by atoms with Crippen LogP contribution in [-0.4, -0.2) is 20.9 Å². The van der Waals surface area contributed by atoms with Crippen molar-refractivity contribution in [2.45, 2.75) is 33.1 Å². The molecule has 0 saturated carbocycles. The van der Waals surface area contributed by atoms with Crippen LogP contribution in [0.4, 0.5) is 0 Å². The van der Waals surface area contributed by atoms with E-state index in [0.717, 1.165) is 22.4 Å². The molecule has 0 radical (unpaired) electrons. The van der Waals surface area contributed by atoms with E-state index in [1.54, 1.807) is 18.5 Å².